The van der Waals surface area contributed by atoms with E-state index in [9.17, 15) is 4.79 Å². The number of amides is 1. The number of nitrogens with two attached hydrogens (primary N) is 1. The van der Waals surface area contributed by atoms with Gasteiger partial charge in [0.1, 0.15) is 0 Å². The molecule has 0 saturated carbocycles. The third-order valence-corrected chi connectivity index (χ3v) is 4.59. The van der Waals surface area contributed by atoms with Gasteiger partial charge in [-0.05, 0) is 50.5 Å². The Kier molecular flexibility index (Phi) is 4.68. The molecule has 1 aliphatic heterocycles. The summed E-state index contributed by atoms with van der Waals surface area (Å²) in [4.78, 5) is 14.7. The smallest absolute Gasteiger partial charge is 0.257 e. The molecule has 1 aromatic heterocycles. The number of hydrogen-bond donors (Lipinski definition) is 1. The van der Waals surface area contributed by atoms with Crippen molar-refractivity contribution in [2.75, 3.05) is 6.54 Å². The fraction of sp³-hybridized carbons (Fsp3) is 0.412. The zero-order valence-corrected chi connectivity index (χ0v) is 13.9. The average Bonchev–Trinajstić information content (AvgIpc) is 3.04. The fourth-order valence-electron chi connectivity index (χ4n) is 3.09. The summed E-state index contributed by atoms with van der Waals surface area (Å²) in [5, 5.41) is 4.97. The Labute approximate surface area is 141 Å². The van der Waals surface area contributed by atoms with Gasteiger partial charge in [-0.1, -0.05) is 11.6 Å². The molecule has 122 valence electrons. The van der Waals surface area contributed by atoms with Crippen LogP contribution in [0.25, 0.3) is 5.69 Å². The van der Waals surface area contributed by atoms with Crippen molar-refractivity contribution in [2.45, 2.75) is 38.3 Å². The van der Waals surface area contributed by atoms with E-state index in [1.807, 2.05) is 24.0 Å². The number of piperidine rings is 1. The molecule has 3 rings (SSSR count). The predicted molar refractivity (Wildman–Crippen MR) is 90.9 cm³/mol. The summed E-state index contributed by atoms with van der Waals surface area (Å²) in [7, 11) is 0. The van der Waals surface area contributed by atoms with E-state index in [4.69, 9.17) is 17.3 Å². The van der Waals surface area contributed by atoms with Gasteiger partial charge in [0.25, 0.3) is 5.91 Å². The zero-order chi connectivity index (χ0) is 16.4. The molecule has 1 fully saturated rings. The second-order valence-corrected chi connectivity index (χ2v) is 6.51. The molecule has 0 bridgehead atoms. The van der Waals surface area contributed by atoms with Crippen LogP contribution in [-0.2, 0) is 0 Å². The number of carbonyl (C=O) groups excluding carboxylic acids is 1. The van der Waals surface area contributed by atoms with Gasteiger partial charge >= 0.3 is 0 Å². The Morgan fingerprint density at radius 3 is 2.78 bits per heavy atom. The largest absolute Gasteiger partial charge is 0.334 e. The van der Waals surface area contributed by atoms with Gasteiger partial charge in [0.15, 0.2) is 0 Å². The molecule has 2 aromatic rings. The van der Waals surface area contributed by atoms with Gasteiger partial charge in [0.2, 0.25) is 0 Å². The van der Waals surface area contributed by atoms with Crippen LogP contribution in [0.2, 0.25) is 5.02 Å². The van der Waals surface area contributed by atoms with Gasteiger partial charge in [0, 0.05) is 29.8 Å². The number of likely N-dealkylation sites (tertiary alicyclic amines) is 1. The standard InChI is InChI=1S/C17H21ClN4O/c1-12(19)16-4-2-3-9-21(16)17(23)13-10-20-22(11-13)15-7-5-14(18)6-8-15/h5-8,10-12,16H,2-4,9,19H2,1H3. The first kappa shape index (κ1) is 16.0. The van der Waals surface area contributed by atoms with Crippen LogP contribution in [0.5, 0.6) is 0 Å². The lowest BCUT2D eigenvalue weighted by Crippen LogP contribution is -2.51. The number of halogens is 1. The molecule has 2 N–H and O–H groups in total. The molecule has 5 nitrogen and oxygen atoms in total. The summed E-state index contributed by atoms with van der Waals surface area (Å²) in [6.45, 7) is 2.73. The van der Waals surface area contributed by atoms with E-state index < -0.39 is 0 Å². The molecule has 1 aliphatic rings. The van der Waals surface area contributed by atoms with Crippen molar-refractivity contribution in [2.24, 2.45) is 5.73 Å². The number of aromatic nitrogens is 2. The minimum Gasteiger partial charge on any atom is -0.334 e. The van der Waals surface area contributed by atoms with E-state index in [2.05, 4.69) is 5.10 Å². The maximum atomic E-state index is 12.8. The molecule has 2 unspecified atom stereocenters. The third kappa shape index (κ3) is 3.41. The Morgan fingerprint density at radius 1 is 1.35 bits per heavy atom. The van der Waals surface area contributed by atoms with Crippen molar-refractivity contribution in [3.8, 4) is 5.69 Å². The maximum Gasteiger partial charge on any atom is 0.257 e. The second kappa shape index (κ2) is 6.72. The maximum absolute atomic E-state index is 12.8. The topological polar surface area (TPSA) is 64.2 Å². The molecule has 2 heterocycles. The predicted octanol–water partition coefficient (Wildman–Crippen LogP) is 2.87. The highest BCUT2D eigenvalue weighted by atomic mass is 35.5. The summed E-state index contributed by atoms with van der Waals surface area (Å²) < 4.78 is 1.69. The third-order valence-electron chi connectivity index (χ3n) is 4.34. The Morgan fingerprint density at radius 2 is 2.09 bits per heavy atom. The van der Waals surface area contributed by atoms with Crippen LogP contribution >= 0.6 is 11.6 Å². The van der Waals surface area contributed by atoms with Crippen LogP contribution in [0.3, 0.4) is 0 Å². The minimum atomic E-state index is -0.0226. The summed E-state index contributed by atoms with van der Waals surface area (Å²) in [5.41, 5.74) is 7.52. The highest BCUT2D eigenvalue weighted by Gasteiger charge is 2.30. The van der Waals surface area contributed by atoms with Crippen molar-refractivity contribution < 1.29 is 4.79 Å². The van der Waals surface area contributed by atoms with Gasteiger partial charge in [0.05, 0.1) is 17.4 Å². The van der Waals surface area contributed by atoms with Gasteiger partial charge in [-0.15, -0.1) is 0 Å². The number of carbonyl (C=O) groups is 1. The molecular formula is C17H21ClN4O. The Balaban J connectivity index is 1.81. The average molecular weight is 333 g/mol. The first-order valence-corrected chi connectivity index (χ1v) is 8.31. The minimum absolute atomic E-state index is 0.00668. The molecule has 23 heavy (non-hydrogen) atoms. The quantitative estimate of drug-likeness (QED) is 0.940. The SMILES string of the molecule is CC(N)C1CCCCN1C(=O)c1cnn(-c2ccc(Cl)cc2)c1. The van der Waals surface area contributed by atoms with Crippen molar-refractivity contribution in [1.29, 1.82) is 0 Å². The molecule has 1 saturated heterocycles. The fourth-order valence-corrected chi connectivity index (χ4v) is 3.22. The van der Waals surface area contributed by atoms with Crippen LogP contribution in [0.1, 0.15) is 36.5 Å². The van der Waals surface area contributed by atoms with E-state index >= 15 is 0 Å². The zero-order valence-electron chi connectivity index (χ0n) is 13.2. The highest BCUT2D eigenvalue weighted by molar-refractivity contribution is 6.30. The molecule has 1 amide bonds. The van der Waals surface area contributed by atoms with Crippen LogP contribution < -0.4 is 5.73 Å². The lowest BCUT2D eigenvalue weighted by molar-refractivity contribution is 0.0584. The van der Waals surface area contributed by atoms with Gasteiger partial charge in [-0.3, -0.25) is 4.79 Å². The van der Waals surface area contributed by atoms with Crippen LogP contribution in [0.15, 0.2) is 36.7 Å². The Hall–Kier alpha value is -1.85. The molecule has 0 aliphatic carbocycles. The normalized spacial score (nSPS) is 19.6. The van der Waals surface area contributed by atoms with Gasteiger partial charge in [-0.25, -0.2) is 4.68 Å². The van der Waals surface area contributed by atoms with Crippen LogP contribution in [-0.4, -0.2) is 39.2 Å². The Bertz CT molecular complexity index is 680. The summed E-state index contributed by atoms with van der Waals surface area (Å²) >= 11 is 5.90. The summed E-state index contributed by atoms with van der Waals surface area (Å²) in [6.07, 6.45) is 6.50. The van der Waals surface area contributed by atoms with Gasteiger partial charge < -0.3 is 10.6 Å². The van der Waals surface area contributed by atoms with Gasteiger partial charge in [-0.2, -0.15) is 5.10 Å². The molecule has 1 aromatic carbocycles. The molecule has 0 radical (unpaired) electrons. The summed E-state index contributed by atoms with van der Waals surface area (Å²) in [5.74, 6) is 0.00668. The van der Waals surface area contributed by atoms with Crippen LogP contribution in [0, 0.1) is 0 Å². The number of hydrogen-bond acceptors (Lipinski definition) is 3. The van der Waals surface area contributed by atoms with E-state index in [-0.39, 0.29) is 18.0 Å². The van der Waals surface area contributed by atoms with E-state index in [0.29, 0.717) is 10.6 Å². The number of benzene rings is 1. The lowest BCUT2D eigenvalue weighted by atomic mass is 9.96. The van der Waals surface area contributed by atoms with E-state index in [1.54, 1.807) is 29.2 Å². The monoisotopic (exact) mass is 332 g/mol. The molecule has 6 heteroatoms. The van der Waals surface area contributed by atoms with Crippen molar-refractivity contribution in [3.05, 3.63) is 47.2 Å². The van der Waals surface area contributed by atoms with Crippen LogP contribution in [0.4, 0.5) is 0 Å². The summed E-state index contributed by atoms with van der Waals surface area (Å²) in [6, 6.07) is 7.43. The van der Waals surface area contributed by atoms with E-state index in [1.165, 1.54) is 0 Å². The second-order valence-electron chi connectivity index (χ2n) is 6.07. The first-order chi connectivity index (χ1) is 11.1. The number of nitrogens with zero attached hydrogens (tertiary/aromatic N) is 3. The lowest BCUT2D eigenvalue weighted by Gasteiger charge is -2.37. The highest BCUT2D eigenvalue weighted by Crippen LogP contribution is 2.22. The van der Waals surface area contributed by atoms with Crippen molar-refractivity contribution in [1.82, 2.24) is 14.7 Å². The van der Waals surface area contributed by atoms with Crippen molar-refractivity contribution >= 4 is 17.5 Å². The number of rotatable bonds is 3. The molecule has 0 spiro atoms. The van der Waals surface area contributed by atoms with E-state index in [0.717, 1.165) is 31.5 Å². The van der Waals surface area contributed by atoms with Crippen molar-refractivity contribution in [3.63, 3.8) is 0 Å². The first-order valence-electron chi connectivity index (χ1n) is 7.93. The molecular weight excluding hydrogens is 312 g/mol. The molecule has 2 atom stereocenters.